The number of carbonyl (C=O) groups is 1. The van der Waals surface area contributed by atoms with Crippen LogP contribution in [0.2, 0.25) is 5.15 Å². The van der Waals surface area contributed by atoms with E-state index in [1.54, 1.807) is 0 Å². The molecular formula is C10H10ClF3N2O2. The van der Waals surface area contributed by atoms with E-state index in [-0.39, 0.29) is 11.0 Å². The fraction of sp³-hybridized carbons (Fsp3) is 0.400. The molecule has 0 aliphatic carbocycles. The molecule has 18 heavy (non-hydrogen) atoms. The van der Waals surface area contributed by atoms with E-state index in [4.69, 9.17) is 11.6 Å². The number of hydrogen-bond donors (Lipinski definition) is 1. The molecule has 0 saturated carbocycles. The Balaban J connectivity index is 2.97. The molecule has 0 radical (unpaired) electrons. The van der Waals surface area contributed by atoms with Crippen molar-refractivity contribution in [1.29, 1.82) is 0 Å². The van der Waals surface area contributed by atoms with E-state index in [2.05, 4.69) is 15.0 Å². The Hall–Kier alpha value is -1.50. The average Bonchev–Trinajstić information content (AvgIpc) is 2.25. The fourth-order valence-electron chi connectivity index (χ4n) is 1.19. The third-order valence-electron chi connectivity index (χ3n) is 2.04. The molecule has 1 N–H and O–H groups in total. The molecule has 0 unspecified atom stereocenters. The number of nitrogens with zero attached hydrogens (tertiary/aromatic N) is 1. The third-order valence-corrected chi connectivity index (χ3v) is 2.23. The largest absolute Gasteiger partial charge is 0.467 e. The molecule has 1 aromatic heterocycles. The molecule has 1 atom stereocenters. The van der Waals surface area contributed by atoms with Gasteiger partial charge in [0.15, 0.2) is 0 Å². The standard InChI is InChI=1S/C10H10ClF3N2O2/c1-5(9(17)18-2)15-8-4-6(10(12,13)14)3-7(11)16-8/h3-5H,1-2H3,(H,15,16)/t5-/m0/s1. The van der Waals surface area contributed by atoms with Crippen LogP contribution in [-0.2, 0) is 15.7 Å². The lowest BCUT2D eigenvalue weighted by Crippen LogP contribution is -2.27. The first-order chi connectivity index (χ1) is 8.24. The second kappa shape index (κ2) is 5.43. The van der Waals surface area contributed by atoms with Gasteiger partial charge in [-0.05, 0) is 19.1 Å². The van der Waals surface area contributed by atoms with E-state index in [0.717, 1.165) is 6.07 Å². The number of rotatable bonds is 3. The summed E-state index contributed by atoms with van der Waals surface area (Å²) in [6, 6.07) is 0.642. The molecule has 0 amide bonds. The summed E-state index contributed by atoms with van der Waals surface area (Å²) in [5.74, 6) is -0.766. The van der Waals surface area contributed by atoms with Gasteiger partial charge >= 0.3 is 12.1 Å². The van der Waals surface area contributed by atoms with Gasteiger partial charge in [0.05, 0.1) is 12.7 Å². The average molecular weight is 283 g/mol. The number of esters is 1. The van der Waals surface area contributed by atoms with E-state index >= 15 is 0 Å². The highest BCUT2D eigenvalue weighted by Crippen LogP contribution is 2.32. The summed E-state index contributed by atoms with van der Waals surface area (Å²) in [7, 11) is 1.17. The summed E-state index contributed by atoms with van der Waals surface area (Å²) in [5.41, 5.74) is -0.943. The Bertz CT molecular complexity index is 451. The van der Waals surface area contributed by atoms with Gasteiger partial charge in [-0.15, -0.1) is 0 Å². The molecule has 0 spiro atoms. The Morgan fingerprint density at radius 3 is 2.61 bits per heavy atom. The molecule has 0 saturated heterocycles. The molecule has 100 valence electrons. The van der Waals surface area contributed by atoms with Crippen LogP contribution in [0.5, 0.6) is 0 Å². The molecule has 0 aliphatic rings. The van der Waals surface area contributed by atoms with Crippen molar-refractivity contribution in [1.82, 2.24) is 4.98 Å². The topological polar surface area (TPSA) is 51.2 Å². The van der Waals surface area contributed by atoms with Gasteiger partial charge < -0.3 is 10.1 Å². The van der Waals surface area contributed by atoms with Crippen molar-refractivity contribution < 1.29 is 22.7 Å². The first-order valence-electron chi connectivity index (χ1n) is 4.83. The van der Waals surface area contributed by atoms with E-state index < -0.39 is 23.8 Å². The Kier molecular flexibility index (Phi) is 4.39. The van der Waals surface area contributed by atoms with Crippen molar-refractivity contribution >= 4 is 23.4 Å². The van der Waals surface area contributed by atoms with Crippen molar-refractivity contribution in [2.45, 2.75) is 19.1 Å². The first kappa shape index (κ1) is 14.6. The number of carbonyl (C=O) groups excluding carboxylic acids is 1. The van der Waals surface area contributed by atoms with Gasteiger partial charge in [-0.25, -0.2) is 9.78 Å². The minimum Gasteiger partial charge on any atom is -0.467 e. The SMILES string of the molecule is COC(=O)[C@H](C)Nc1cc(C(F)(F)F)cc(Cl)n1. The van der Waals surface area contributed by atoms with E-state index in [0.29, 0.717) is 6.07 Å². The number of nitrogens with one attached hydrogen (secondary N) is 1. The van der Waals surface area contributed by atoms with Crippen LogP contribution < -0.4 is 5.32 Å². The van der Waals surface area contributed by atoms with Crippen molar-refractivity contribution in [2.75, 3.05) is 12.4 Å². The summed E-state index contributed by atoms with van der Waals surface area (Å²) in [5, 5.41) is 2.16. The number of alkyl halides is 3. The molecular weight excluding hydrogens is 273 g/mol. The Morgan fingerprint density at radius 1 is 1.50 bits per heavy atom. The third kappa shape index (κ3) is 3.76. The van der Waals surface area contributed by atoms with Crippen LogP contribution in [0.25, 0.3) is 0 Å². The summed E-state index contributed by atoms with van der Waals surface area (Å²) >= 11 is 5.49. The lowest BCUT2D eigenvalue weighted by Gasteiger charge is -2.14. The van der Waals surface area contributed by atoms with Gasteiger partial charge in [0, 0.05) is 0 Å². The molecule has 1 aromatic rings. The summed E-state index contributed by atoms with van der Waals surface area (Å²) in [6.07, 6.45) is -4.53. The van der Waals surface area contributed by atoms with Gasteiger partial charge in [-0.3, -0.25) is 0 Å². The van der Waals surface area contributed by atoms with Crippen LogP contribution in [0.3, 0.4) is 0 Å². The second-order valence-corrected chi connectivity index (χ2v) is 3.84. The molecule has 1 heterocycles. The maximum atomic E-state index is 12.5. The number of ether oxygens (including phenoxy) is 1. The van der Waals surface area contributed by atoms with Gasteiger partial charge in [-0.2, -0.15) is 13.2 Å². The van der Waals surface area contributed by atoms with Crippen molar-refractivity contribution in [3.63, 3.8) is 0 Å². The van der Waals surface area contributed by atoms with E-state index in [1.165, 1.54) is 14.0 Å². The highest BCUT2D eigenvalue weighted by atomic mass is 35.5. The van der Waals surface area contributed by atoms with Crippen LogP contribution in [0, 0.1) is 0 Å². The van der Waals surface area contributed by atoms with Crippen LogP contribution in [0.15, 0.2) is 12.1 Å². The lowest BCUT2D eigenvalue weighted by molar-refractivity contribution is -0.141. The van der Waals surface area contributed by atoms with Gasteiger partial charge in [0.1, 0.15) is 17.0 Å². The normalized spacial score (nSPS) is 13.0. The van der Waals surface area contributed by atoms with Crippen molar-refractivity contribution in [3.05, 3.63) is 22.8 Å². The highest BCUT2D eigenvalue weighted by molar-refractivity contribution is 6.29. The van der Waals surface area contributed by atoms with E-state index in [1.807, 2.05) is 0 Å². The van der Waals surface area contributed by atoms with Crippen LogP contribution >= 0.6 is 11.6 Å². The zero-order chi connectivity index (χ0) is 13.9. The van der Waals surface area contributed by atoms with Gasteiger partial charge in [-0.1, -0.05) is 11.6 Å². The monoisotopic (exact) mass is 282 g/mol. The Morgan fingerprint density at radius 2 is 2.11 bits per heavy atom. The molecule has 1 rings (SSSR count). The number of anilines is 1. The number of aromatic nitrogens is 1. The van der Waals surface area contributed by atoms with Crippen LogP contribution in [-0.4, -0.2) is 24.1 Å². The smallest absolute Gasteiger partial charge is 0.416 e. The zero-order valence-electron chi connectivity index (χ0n) is 9.51. The number of hydrogen-bond acceptors (Lipinski definition) is 4. The van der Waals surface area contributed by atoms with Crippen LogP contribution in [0.1, 0.15) is 12.5 Å². The predicted octanol–water partition coefficient (Wildman–Crippen LogP) is 2.73. The first-order valence-corrected chi connectivity index (χ1v) is 5.21. The van der Waals surface area contributed by atoms with Gasteiger partial charge in [0.2, 0.25) is 0 Å². The summed E-state index contributed by atoms with van der Waals surface area (Å²) in [6.45, 7) is 1.43. The van der Waals surface area contributed by atoms with Crippen LogP contribution in [0.4, 0.5) is 19.0 Å². The fourth-order valence-corrected chi connectivity index (χ4v) is 1.40. The highest BCUT2D eigenvalue weighted by Gasteiger charge is 2.31. The Labute approximate surface area is 106 Å². The molecule has 0 aromatic carbocycles. The maximum Gasteiger partial charge on any atom is 0.416 e. The van der Waals surface area contributed by atoms with Crippen molar-refractivity contribution in [3.8, 4) is 0 Å². The number of methoxy groups -OCH3 is 1. The minimum atomic E-state index is -4.53. The molecule has 8 heteroatoms. The molecule has 0 fully saturated rings. The molecule has 4 nitrogen and oxygen atoms in total. The van der Waals surface area contributed by atoms with E-state index in [9.17, 15) is 18.0 Å². The molecule has 0 bridgehead atoms. The zero-order valence-corrected chi connectivity index (χ0v) is 10.3. The second-order valence-electron chi connectivity index (χ2n) is 3.45. The molecule has 0 aliphatic heterocycles. The lowest BCUT2D eigenvalue weighted by atomic mass is 10.2. The number of pyridine rings is 1. The number of halogens is 4. The van der Waals surface area contributed by atoms with Gasteiger partial charge in [0.25, 0.3) is 0 Å². The summed E-state index contributed by atoms with van der Waals surface area (Å²) < 4.78 is 41.9. The van der Waals surface area contributed by atoms with Crippen molar-refractivity contribution in [2.24, 2.45) is 0 Å². The minimum absolute atomic E-state index is 0.146. The quantitative estimate of drug-likeness (QED) is 0.684. The maximum absolute atomic E-state index is 12.5. The summed E-state index contributed by atoms with van der Waals surface area (Å²) in [4.78, 5) is 14.8. The predicted molar refractivity (Wildman–Crippen MR) is 59.3 cm³/mol.